The molecule has 0 aliphatic carbocycles. The van der Waals surface area contributed by atoms with Gasteiger partial charge in [-0.2, -0.15) is 0 Å². The molecule has 5 heteroatoms. The zero-order valence-corrected chi connectivity index (χ0v) is 54.0. The lowest BCUT2D eigenvalue weighted by atomic mass is 10.0. The van der Waals surface area contributed by atoms with Crippen LogP contribution in [0, 0.1) is 0 Å². The molecule has 0 aromatic carbocycles. The van der Waals surface area contributed by atoms with E-state index in [0.29, 0.717) is 12.8 Å². The van der Waals surface area contributed by atoms with Crippen molar-refractivity contribution in [2.45, 2.75) is 341 Å². The fourth-order valence-corrected chi connectivity index (χ4v) is 10.1. The summed E-state index contributed by atoms with van der Waals surface area (Å²) in [4.78, 5) is 24.7. The van der Waals surface area contributed by atoms with Gasteiger partial charge in [-0.3, -0.25) is 9.59 Å². The van der Waals surface area contributed by atoms with Gasteiger partial charge in [0.25, 0.3) is 0 Å². The Morgan fingerprint density at radius 1 is 0.280 bits per heavy atom. The molecular formula is C77H132O5. The second-order valence-electron chi connectivity index (χ2n) is 23.2. The van der Waals surface area contributed by atoms with Gasteiger partial charge in [0.15, 0.2) is 6.10 Å². The van der Waals surface area contributed by atoms with Crippen molar-refractivity contribution in [1.29, 1.82) is 0 Å². The van der Waals surface area contributed by atoms with Gasteiger partial charge < -0.3 is 14.6 Å². The van der Waals surface area contributed by atoms with Crippen LogP contribution in [-0.2, 0) is 19.1 Å². The summed E-state index contributed by atoms with van der Waals surface area (Å²) in [6.45, 7) is 3.95. The van der Waals surface area contributed by atoms with Gasteiger partial charge >= 0.3 is 11.9 Å². The third-order valence-corrected chi connectivity index (χ3v) is 15.3. The number of carbonyl (C=O) groups is 2. The molecule has 0 aliphatic rings. The first-order chi connectivity index (χ1) is 40.6. The lowest BCUT2D eigenvalue weighted by Gasteiger charge is -2.15. The van der Waals surface area contributed by atoms with E-state index in [4.69, 9.17) is 9.47 Å². The van der Waals surface area contributed by atoms with Gasteiger partial charge in [-0.05, 0) is 103 Å². The van der Waals surface area contributed by atoms with Crippen molar-refractivity contribution < 1.29 is 24.2 Å². The Labute approximate surface area is 509 Å². The Kier molecular flexibility index (Phi) is 68.3. The predicted octanol–water partition coefficient (Wildman–Crippen LogP) is 24.5. The molecule has 1 atom stereocenters. The number of carbonyl (C=O) groups excluding carboxylic acids is 2. The molecule has 0 rings (SSSR count). The lowest BCUT2D eigenvalue weighted by molar-refractivity contribution is -0.161. The number of hydrogen-bond donors (Lipinski definition) is 1. The molecule has 1 N–H and O–H groups in total. The second kappa shape index (κ2) is 71.6. The zero-order valence-electron chi connectivity index (χ0n) is 54.0. The molecule has 470 valence electrons. The van der Waals surface area contributed by atoms with E-state index < -0.39 is 6.10 Å². The summed E-state index contributed by atoms with van der Waals surface area (Å²) in [5.41, 5.74) is 0. The first kappa shape index (κ1) is 78.3. The minimum Gasteiger partial charge on any atom is -0.462 e. The van der Waals surface area contributed by atoms with Gasteiger partial charge in [0, 0.05) is 12.8 Å². The largest absolute Gasteiger partial charge is 0.462 e. The Morgan fingerprint density at radius 3 is 0.732 bits per heavy atom. The van der Waals surface area contributed by atoms with E-state index >= 15 is 0 Å². The van der Waals surface area contributed by atoms with Crippen molar-refractivity contribution in [2.24, 2.45) is 0 Å². The SMILES string of the molecule is CC/C=C\C/C=C\C/C=C\C/C=C\C/C=C\C/C=C\CCCCCCCCCCCCCCCCCCCCC(=O)OC(CO)COC(=O)CCCCCCCCCCCCCCCCCCCC/C=C\C/C=C\C/C=C\C/C=C\CC. The van der Waals surface area contributed by atoms with E-state index in [2.05, 4.69) is 135 Å². The minimum absolute atomic E-state index is 0.0660. The van der Waals surface area contributed by atoms with Crippen LogP contribution >= 0.6 is 0 Å². The van der Waals surface area contributed by atoms with Crippen molar-refractivity contribution in [2.75, 3.05) is 13.2 Å². The van der Waals surface area contributed by atoms with Crippen LogP contribution in [0.5, 0.6) is 0 Å². The normalized spacial score (nSPS) is 13.0. The Morgan fingerprint density at radius 2 is 0.488 bits per heavy atom. The van der Waals surface area contributed by atoms with Crippen molar-refractivity contribution in [1.82, 2.24) is 0 Å². The first-order valence-corrected chi connectivity index (χ1v) is 35.1. The monoisotopic (exact) mass is 1140 g/mol. The van der Waals surface area contributed by atoms with Crippen LogP contribution in [-0.4, -0.2) is 36.4 Å². The third kappa shape index (κ3) is 68.8. The molecule has 0 heterocycles. The smallest absolute Gasteiger partial charge is 0.306 e. The number of allylic oxidation sites excluding steroid dienone is 20. The van der Waals surface area contributed by atoms with Gasteiger partial charge in [0.1, 0.15) is 6.61 Å². The number of hydrogen-bond acceptors (Lipinski definition) is 5. The average molecular weight is 1140 g/mol. The number of unbranched alkanes of at least 4 members (excludes halogenated alkanes) is 36. The zero-order chi connectivity index (χ0) is 59.1. The van der Waals surface area contributed by atoms with E-state index in [-0.39, 0.29) is 25.2 Å². The highest BCUT2D eigenvalue weighted by Gasteiger charge is 2.16. The quantitative estimate of drug-likeness (QED) is 0.0373. The van der Waals surface area contributed by atoms with Crippen molar-refractivity contribution >= 4 is 11.9 Å². The second-order valence-corrected chi connectivity index (χ2v) is 23.2. The molecule has 0 saturated carbocycles. The summed E-state index contributed by atoms with van der Waals surface area (Å²) in [6.07, 6.45) is 105. The molecular weight excluding hydrogens is 1000 g/mol. The van der Waals surface area contributed by atoms with Crippen molar-refractivity contribution in [3.05, 3.63) is 122 Å². The third-order valence-electron chi connectivity index (χ3n) is 15.3. The molecule has 0 spiro atoms. The number of aliphatic hydroxyl groups excluding tert-OH is 1. The van der Waals surface area contributed by atoms with Crippen molar-refractivity contribution in [3.8, 4) is 0 Å². The molecule has 0 aliphatic heterocycles. The molecule has 0 bridgehead atoms. The average Bonchev–Trinajstić information content (AvgIpc) is 3.49. The Bertz CT molecular complexity index is 1620. The van der Waals surface area contributed by atoms with Crippen molar-refractivity contribution in [3.63, 3.8) is 0 Å². The Hall–Kier alpha value is -3.70. The van der Waals surface area contributed by atoms with Crippen LogP contribution in [0.3, 0.4) is 0 Å². The summed E-state index contributed by atoms with van der Waals surface area (Å²) >= 11 is 0. The summed E-state index contributed by atoms with van der Waals surface area (Å²) in [6, 6.07) is 0. The summed E-state index contributed by atoms with van der Waals surface area (Å²) in [5, 5.41) is 9.71. The highest BCUT2D eigenvalue weighted by Crippen LogP contribution is 2.18. The number of esters is 2. The summed E-state index contributed by atoms with van der Waals surface area (Å²) in [7, 11) is 0. The lowest BCUT2D eigenvalue weighted by Crippen LogP contribution is -2.28. The fourth-order valence-electron chi connectivity index (χ4n) is 10.1. The van der Waals surface area contributed by atoms with Gasteiger partial charge in [0.2, 0.25) is 0 Å². The van der Waals surface area contributed by atoms with Gasteiger partial charge in [-0.1, -0.05) is 341 Å². The predicted molar refractivity (Wildman–Crippen MR) is 362 cm³/mol. The van der Waals surface area contributed by atoms with Crippen LogP contribution in [0.2, 0.25) is 0 Å². The maximum Gasteiger partial charge on any atom is 0.306 e. The molecule has 1 unspecified atom stereocenters. The van der Waals surface area contributed by atoms with E-state index in [1.54, 1.807) is 0 Å². The fraction of sp³-hybridized carbons (Fsp3) is 0.714. The first-order valence-electron chi connectivity index (χ1n) is 35.1. The van der Waals surface area contributed by atoms with Gasteiger partial charge in [-0.25, -0.2) is 0 Å². The van der Waals surface area contributed by atoms with E-state index in [1.807, 2.05) is 0 Å². The van der Waals surface area contributed by atoms with Crippen LogP contribution in [0.15, 0.2) is 122 Å². The van der Waals surface area contributed by atoms with Crippen LogP contribution in [0.1, 0.15) is 335 Å². The number of aliphatic hydroxyl groups is 1. The molecule has 0 radical (unpaired) electrons. The maximum atomic E-state index is 12.4. The van der Waals surface area contributed by atoms with Crippen LogP contribution in [0.25, 0.3) is 0 Å². The number of rotatable bonds is 64. The maximum absolute atomic E-state index is 12.4. The molecule has 5 nitrogen and oxygen atoms in total. The van der Waals surface area contributed by atoms with E-state index in [9.17, 15) is 14.7 Å². The molecule has 82 heavy (non-hydrogen) atoms. The highest BCUT2D eigenvalue weighted by atomic mass is 16.6. The molecule has 0 aromatic rings. The Balaban J connectivity index is 3.44. The van der Waals surface area contributed by atoms with Gasteiger partial charge in [0.05, 0.1) is 6.61 Å². The minimum atomic E-state index is -0.777. The highest BCUT2D eigenvalue weighted by molar-refractivity contribution is 5.70. The van der Waals surface area contributed by atoms with Gasteiger partial charge in [-0.15, -0.1) is 0 Å². The van der Waals surface area contributed by atoms with E-state index in [0.717, 1.165) is 103 Å². The molecule has 0 amide bonds. The summed E-state index contributed by atoms with van der Waals surface area (Å²) in [5.74, 6) is -0.579. The van der Waals surface area contributed by atoms with E-state index in [1.165, 1.54) is 205 Å². The number of ether oxygens (including phenoxy) is 2. The molecule has 0 aromatic heterocycles. The topological polar surface area (TPSA) is 72.8 Å². The standard InChI is InChI=1S/C77H132O5/c1-3-5-7-9-11-13-15-17-19-21-23-25-27-29-31-33-35-36-37-38-39-40-42-44-46-48-50-52-54-56-58-60-62-64-66-68-70-72-77(80)82-75(73-78)74-81-76(79)71-69-67-65-63-61-59-57-55-53-51-49-47-45-43-41-34-32-30-28-26-24-22-20-18-16-14-12-10-8-6-4-2/h5-8,11-14,17-20,23-26,29,31,35-36,75,78H,3-4,9-10,15-16,21-22,27-28,30,32-34,37-74H2,1-2H3/b7-5-,8-6-,13-11-,14-12-,19-17-,20-18-,25-23-,26-24-,31-29-,36-35-. The molecule has 0 fully saturated rings. The molecule has 0 saturated heterocycles. The van der Waals surface area contributed by atoms with Crippen LogP contribution < -0.4 is 0 Å². The van der Waals surface area contributed by atoms with Crippen LogP contribution in [0.4, 0.5) is 0 Å². The summed E-state index contributed by atoms with van der Waals surface area (Å²) < 4.78 is 10.8.